The highest BCUT2D eigenvalue weighted by atomic mass is 15.0. The molecule has 1 aliphatic carbocycles. The van der Waals surface area contributed by atoms with E-state index in [0.29, 0.717) is 0 Å². The van der Waals surface area contributed by atoms with E-state index in [-0.39, 0.29) is 5.41 Å². The first-order valence-electron chi connectivity index (χ1n) is 6.91. The van der Waals surface area contributed by atoms with E-state index in [1.165, 1.54) is 40.6 Å². The molecule has 3 rings (SSSR count). The Bertz CT molecular complexity index is 603. The summed E-state index contributed by atoms with van der Waals surface area (Å²) in [5.41, 5.74) is 12.0. The van der Waals surface area contributed by atoms with Gasteiger partial charge in [-0.3, -0.25) is 0 Å². The van der Waals surface area contributed by atoms with Crippen LogP contribution in [0.2, 0.25) is 0 Å². The van der Waals surface area contributed by atoms with Crippen LogP contribution in [0.1, 0.15) is 36.6 Å². The fourth-order valence-corrected chi connectivity index (χ4v) is 3.22. The predicted octanol–water partition coefficient (Wildman–Crippen LogP) is 3.04. The van der Waals surface area contributed by atoms with Crippen molar-refractivity contribution in [1.82, 2.24) is 4.57 Å². The number of fused-ring (bicyclic) bond motifs is 1. The van der Waals surface area contributed by atoms with Crippen LogP contribution in [0.3, 0.4) is 0 Å². The highest BCUT2D eigenvalue weighted by Gasteiger charge is 2.45. The molecule has 2 aromatic rings. The van der Waals surface area contributed by atoms with Crippen LogP contribution in [0, 0.1) is 6.92 Å². The van der Waals surface area contributed by atoms with Gasteiger partial charge in [-0.05, 0) is 49.4 Å². The number of aryl methyl sites for hydroxylation is 2. The van der Waals surface area contributed by atoms with Crippen molar-refractivity contribution in [3.63, 3.8) is 0 Å². The van der Waals surface area contributed by atoms with Gasteiger partial charge in [0.2, 0.25) is 0 Å². The van der Waals surface area contributed by atoms with E-state index in [0.717, 1.165) is 13.0 Å². The van der Waals surface area contributed by atoms with Crippen molar-refractivity contribution < 1.29 is 0 Å². The lowest BCUT2D eigenvalue weighted by Gasteiger charge is -2.13. The molecule has 1 fully saturated rings. The Labute approximate surface area is 109 Å². The van der Waals surface area contributed by atoms with Crippen molar-refractivity contribution in [2.45, 2.75) is 38.5 Å². The fraction of sp³-hybridized carbons (Fsp3) is 0.500. The van der Waals surface area contributed by atoms with Crippen LogP contribution >= 0.6 is 0 Å². The van der Waals surface area contributed by atoms with E-state index in [9.17, 15) is 0 Å². The van der Waals surface area contributed by atoms with E-state index in [1.54, 1.807) is 0 Å². The third-order valence-corrected chi connectivity index (χ3v) is 4.74. The predicted molar refractivity (Wildman–Crippen MR) is 77.0 cm³/mol. The second-order valence-corrected chi connectivity index (χ2v) is 5.71. The molecule has 0 amide bonds. The van der Waals surface area contributed by atoms with Gasteiger partial charge in [-0.15, -0.1) is 0 Å². The first-order chi connectivity index (χ1) is 8.63. The number of nitrogens with two attached hydrogens (primary N) is 1. The molecule has 1 aliphatic rings. The van der Waals surface area contributed by atoms with Gasteiger partial charge < -0.3 is 10.3 Å². The Balaban J connectivity index is 2.32. The van der Waals surface area contributed by atoms with E-state index >= 15 is 0 Å². The molecule has 1 heterocycles. The van der Waals surface area contributed by atoms with Gasteiger partial charge in [-0.25, -0.2) is 0 Å². The Morgan fingerprint density at radius 3 is 2.61 bits per heavy atom. The number of rotatable bonds is 3. The van der Waals surface area contributed by atoms with Crippen LogP contribution in [-0.4, -0.2) is 11.1 Å². The zero-order valence-electron chi connectivity index (χ0n) is 11.6. The lowest BCUT2D eigenvalue weighted by atomic mass is 9.92. The highest BCUT2D eigenvalue weighted by molar-refractivity contribution is 5.88. The topological polar surface area (TPSA) is 30.9 Å². The summed E-state index contributed by atoms with van der Waals surface area (Å²) >= 11 is 0. The van der Waals surface area contributed by atoms with Crippen LogP contribution in [0.15, 0.2) is 18.2 Å². The van der Waals surface area contributed by atoms with E-state index < -0.39 is 0 Å². The van der Waals surface area contributed by atoms with E-state index in [4.69, 9.17) is 5.73 Å². The summed E-state index contributed by atoms with van der Waals surface area (Å²) in [5.74, 6) is 0. The summed E-state index contributed by atoms with van der Waals surface area (Å²) in [7, 11) is 2.17. The second kappa shape index (κ2) is 3.86. The maximum Gasteiger partial charge on any atom is 0.0483 e. The largest absolute Gasteiger partial charge is 0.348 e. The number of hydrogen-bond donors (Lipinski definition) is 1. The summed E-state index contributed by atoms with van der Waals surface area (Å²) in [5, 5.41) is 1.43. The molecule has 0 unspecified atom stereocenters. The van der Waals surface area contributed by atoms with Gasteiger partial charge in [0.1, 0.15) is 0 Å². The summed E-state index contributed by atoms with van der Waals surface area (Å²) in [4.78, 5) is 0. The summed E-state index contributed by atoms with van der Waals surface area (Å²) in [6.45, 7) is 5.23. The Hall–Kier alpha value is -1.28. The molecule has 96 valence electrons. The van der Waals surface area contributed by atoms with Crippen LogP contribution in [0.4, 0.5) is 0 Å². The molecule has 0 spiro atoms. The maximum atomic E-state index is 6.03. The minimum absolute atomic E-state index is 0.274. The average molecular weight is 242 g/mol. The molecule has 1 saturated carbocycles. The minimum Gasteiger partial charge on any atom is -0.348 e. The van der Waals surface area contributed by atoms with Gasteiger partial charge in [0, 0.05) is 35.6 Å². The molecule has 18 heavy (non-hydrogen) atoms. The zero-order valence-corrected chi connectivity index (χ0v) is 11.6. The molecular formula is C16H22N2. The van der Waals surface area contributed by atoms with Crippen LogP contribution in [0.5, 0.6) is 0 Å². The fourth-order valence-electron chi connectivity index (χ4n) is 3.22. The zero-order chi connectivity index (χ0) is 12.9. The molecule has 2 N–H and O–H groups in total. The van der Waals surface area contributed by atoms with Crippen LogP contribution in [0.25, 0.3) is 10.9 Å². The lowest BCUT2D eigenvalue weighted by molar-refractivity contribution is 0.697. The first-order valence-corrected chi connectivity index (χ1v) is 6.91. The third kappa shape index (κ3) is 1.45. The lowest BCUT2D eigenvalue weighted by Crippen LogP contribution is -2.20. The quantitative estimate of drug-likeness (QED) is 0.881. The van der Waals surface area contributed by atoms with E-state index in [1.807, 2.05) is 0 Å². The molecule has 2 heteroatoms. The van der Waals surface area contributed by atoms with Gasteiger partial charge in [0.25, 0.3) is 0 Å². The summed E-state index contributed by atoms with van der Waals surface area (Å²) in [6, 6.07) is 6.87. The Kier molecular flexibility index (Phi) is 2.53. The van der Waals surface area contributed by atoms with Gasteiger partial charge in [0.15, 0.2) is 0 Å². The van der Waals surface area contributed by atoms with Crippen molar-refractivity contribution in [1.29, 1.82) is 0 Å². The normalized spacial score (nSPS) is 17.3. The van der Waals surface area contributed by atoms with Crippen molar-refractivity contribution in [2.24, 2.45) is 12.8 Å². The molecule has 0 saturated heterocycles. The first kappa shape index (κ1) is 11.8. The number of hydrogen-bond acceptors (Lipinski definition) is 1. The third-order valence-electron chi connectivity index (χ3n) is 4.74. The van der Waals surface area contributed by atoms with Crippen LogP contribution in [-0.2, 0) is 18.9 Å². The monoisotopic (exact) mass is 242 g/mol. The molecular weight excluding hydrogens is 220 g/mol. The molecule has 0 radical (unpaired) electrons. The molecule has 2 nitrogen and oxygen atoms in total. The second-order valence-electron chi connectivity index (χ2n) is 5.71. The highest BCUT2D eigenvalue weighted by Crippen LogP contribution is 2.51. The average Bonchev–Trinajstić information content (AvgIpc) is 3.14. The van der Waals surface area contributed by atoms with Crippen molar-refractivity contribution in [2.75, 3.05) is 6.54 Å². The van der Waals surface area contributed by atoms with Crippen LogP contribution < -0.4 is 5.73 Å². The number of nitrogens with zero attached hydrogens (tertiary/aromatic N) is 1. The van der Waals surface area contributed by atoms with E-state index in [2.05, 4.69) is 43.7 Å². The van der Waals surface area contributed by atoms with Gasteiger partial charge >= 0.3 is 0 Å². The summed E-state index contributed by atoms with van der Waals surface area (Å²) in [6.07, 6.45) is 3.60. The number of benzene rings is 1. The van der Waals surface area contributed by atoms with Crippen molar-refractivity contribution >= 4 is 10.9 Å². The minimum atomic E-state index is 0.274. The maximum absolute atomic E-state index is 6.03. The van der Waals surface area contributed by atoms with Crippen molar-refractivity contribution in [3.05, 3.63) is 35.0 Å². The summed E-state index contributed by atoms with van der Waals surface area (Å²) < 4.78 is 2.32. The molecule has 0 atom stereocenters. The molecule has 1 aromatic carbocycles. The molecule has 0 bridgehead atoms. The molecule has 1 aromatic heterocycles. The SMILES string of the molecule is CCc1ccc2c(c1)c(C1(CN)CC1)c(C)n2C. The Morgan fingerprint density at radius 2 is 2.06 bits per heavy atom. The van der Waals surface area contributed by atoms with Gasteiger partial charge in [-0.1, -0.05) is 13.0 Å². The smallest absolute Gasteiger partial charge is 0.0483 e. The standard InChI is InChI=1S/C16H22N2/c1-4-12-5-6-14-13(9-12)15(11(2)18(14)3)16(10-17)7-8-16/h5-6,9H,4,7-8,10,17H2,1-3H3. The van der Waals surface area contributed by atoms with Gasteiger partial charge in [-0.2, -0.15) is 0 Å². The van der Waals surface area contributed by atoms with Gasteiger partial charge in [0.05, 0.1) is 0 Å². The Morgan fingerprint density at radius 1 is 1.33 bits per heavy atom. The number of aromatic nitrogens is 1. The molecule has 0 aliphatic heterocycles. The van der Waals surface area contributed by atoms with Crippen molar-refractivity contribution in [3.8, 4) is 0 Å².